The third kappa shape index (κ3) is 3.55. The first-order valence-electron chi connectivity index (χ1n) is 8.46. The number of rotatable bonds is 4. The molecule has 0 radical (unpaired) electrons. The van der Waals surface area contributed by atoms with Crippen molar-refractivity contribution in [2.24, 2.45) is 0 Å². The Morgan fingerprint density at radius 2 is 1.76 bits per heavy atom. The largest absolute Gasteiger partial charge is 0.341 e. The fourth-order valence-corrected chi connectivity index (χ4v) is 4.55. The summed E-state index contributed by atoms with van der Waals surface area (Å²) in [6, 6.07) is 8.50. The molecule has 3 heterocycles. The van der Waals surface area contributed by atoms with Gasteiger partial charge in [0.1, 0.15) is 5.82 Å². The number of aryl methyl sites for hydroxylation is 2. The Bertz CT molecular complexity index is 848. The van der Waals surface area contributed by atoms with E-state index in [4.69, 9.17) is 0 Å². The van der Waals surface area contributed by atoms with Crippen LogP contribution < -0.4 is 4.90 Å². The van der Waals surface area contributed by atoms with E-state index in [0.29, 0.717) is 0 Å². The van der Waals surface area contributed by atoms with Crippen LogP contribution in [0.1, 0.15) is 30.7 Å². The van der Waals surface area contributed by atoms with Crippen molar-refractivity contribution in [2.75, 3.05) is 18.0 Å². The van der Waals surface area contributed by atoms with Gasteiger partial charge in [-0.3, -0.25) is 4.57 Å². The molecule has 1 aromatic carbocycles. The molecular formula is C17H20N6S2. The van der Waals surface area contributed by atoms with Crippen LogP contribution in [0, 0.1) is 13.8 Å². The van der Waals surface area contributed by atoms with E-state index in [1.807, 2.05) is 6.92 Å². The quantitative estimate of drug-likeness (QED) is 0.693. The average Bonchev–Trinajstić information content (AvgIpc) is 3.23. The van der Waals surface area contributed by atoms with Gasteiger partial charge in [-0.05, 0) is 68.5 Å². The summed E-state index contributed by atoms with van der Waals surface area (Å²) in [7, 11) is 0. The second-order valence-electron chi connectivity index (χ2n) is 6.21. The highest BCUT2D eigenvalue weighted by Crippen LogP contribution is 2.33. The van der Waals surface area contributed by atoms with Crippen molar-refractivity contribution in [1.82, 2.24) is 24.1 Å². The lowest BCUT2D eigenvalue weighted by Gasteiger charge is -2.27. The van der Waals surface area contributed by atoms with Crippen molar-refractivity contribution in [3.05, 3.63) is 35.7 Å². The first-order valence-corrected chi connectivity index (χ1v) is 10.1. The van der Waals surface area contributed by atoms with E-state index >= 15 is 0 Å². The molecule has 1 aliphatic rings. The Labute approximate surface area is 155 Å². The van der Waals surface area contributed by atoms with Crippen LogP contribution in [-0.4, -0.2) is 37.2 Å². The van der Waals surface area contributed by atoms with Gasteiger partial charge in [-0.25, -0.2) is 4.98 Å². The first-order chi connectivity index (χ1) is 12.2. The van der Waals surface area contributed by atoms with Gasteiger partial charge in [0.15, 0.2) is 4.34 Å². The standard InChI is InChI=1S/C17H20N6S2/c1-12-6-8-14(9-7-12)23-15(22-10-4-3-5-11-22)19-20-16(23)24-17-18-13(2)21-25-17/h6-9H,3-5,10-11H2,1-2H3. The van der Waals surface area contributed by atoms with Crippen LogP contribution in [-0.2, 0) is 0 Å². The lowest BCUT2D eigenvalue weighted by Crippen LogP contribution is -2.31. The predicted molar refractivity (Wildman–Crippen MR) is 101 cm³/mol. The Hall–Kier alpha value is -1.93. The van der Waals surface area contributed by atoms with Gasteiger partial charge in [-0.1, -0.05) is 17.7 Å². The van der Waals surface area contributed by atoms with E-state index in [1.54, 1.807) is 0 Å². The monoisotopic (exact) mass is 372 g/mol. The van der Waals surface area contributed by atoms with Crippen LogP contribution in [0.4, 0.5) is 5.95 Å². The molecular weight excluding hydrogens is 352 g/mol. The van der Waals surface area contributed by atoms with Crippen LogP contribution in [0.15, 0.2) is 33.8 Å². The summed E-state index contributed by atoms with van der Waals surface area (Å²) in [6.45, 7) is 6.07. The minimum absolute atomic E-state index is 0.796. The smallest absolute Gasteiger partial charge is 0.232 e. The number of hydrogen-bond donors (Lipinski definition) is 0. The first kappa shape index (κ1) is 16.5. The summed E-state index contributed by atoms with van der Waals surface area (Å²) in [5.74, 6) is 1.72. The van der Waals surface area contributed by atoms with Crippen molar-refractivity contribution in [3.8, 4) is 5.69 Å². The van der Waals surface area contributed by atoms with Gasteiger partial charge in [-0.2, -0.15) is 4.37 Å². The summed E-state index contributed by atoms with van der Waals surface area (Å²) in [4.78, 5) is 6.79. The van der Waals surface area contributed by atoms with Crippen LogP contribution in [0.3, 0.4) is 0 Å². The van der Waals surface area contributed by atoms with Crippen molar-refractivity contribution in [2.45, 2.75) is 42.6 Å². The number of anilines is 1. The van der Waals surface area contributed by atoms with Crippen LogP contribution in [0.25, 0.3) is 5.69 Å². The molecule has 6 nitrogen and oxygen atoms in total. The number of hydrogen-bond acceptors (Lipinski definition) is 7. The highest BCUT2D eigenvalue weighted by Gasteiger charge is 2.22. The molecule has 1 saturated heterocycles. The van der Waals surface area contributed by atoms with Gasteiger partial charge in [-0.15, -0.1) is 10.2 Å². The average molecular weight is 373 g/mol. The minimum Gasteiger partial charge on any atom is -0.341 e. The topological polar surface area (TPSA) is 59.7 Å². The maximum absolute atomic E-state index is 4.52. The molecule has 0 amide bonds. The molecule has 0 bridgehead atoms. The van der Waals surface area contributed by atoms with Gasteiger partial charge in [0.2, 0.25) is 11.1 Å². The molecule has 1 aliphatic heterocycles. The minimum atomic E-state index is 0.796. The summed E-state index contributed by atoms with van der Waals surface area (Å²) < 4.78 is 7.30. The van der Waals surface area contributed by atoms with Crippen molar-refractivity contribution >= 4 is 29.2 Å². The molecule has 3 aromatic rings. The molecule has 8 heteroatoms. The van der Waals surface area contributed by atoms with Gasteiger partial charge < -0.3 is 4.90 Å². The summed E-state index contributed by atoms with van der Waals surface area (Å²) in [5.41, 5.74) is 2.32. The Kier molecular flexibility index (Phi) is 4.72. The van der Waals surface area contributed by atoms with Gasteiger partial charge >= 0.3 is 0 Å². The van der Waals surface area contributed by atoms with Crippen molar-refractivity contribution in [1.29, 1.82) is 0 Å². The third-order valence-corrected chi connectivity index (χ3v) is 6.02. The summed E-state index contributed by atoms with van der Waals surface area (Å²) >= 11 is 2.93. The molecule has 0 atom stereocenters. The number of aromatic nitrogens is 5. The third-order valence-electron chi connectivity index (χ3n) is 4.23. The van der Waals surface area contributed by atoms with E-state index in [0.717, 1.165) is 40.0 Å². The second kappa shape index (κ2) is 7.13. The molecule has 0 saturated carbocycles. The zero-order valence-corrected chi connectivity index (χ0v) is 16.0. The predicted octanol–water partition coefficient (Wildman–Crippen LogP) is 3.88. The van der Waals surface area contributed by atoms with E-state index in [1.165, 1.54) is 48.1 Å². The molecule has 0 aliphatic carbocycles. The molecule has 0 N–H and O–H groups in total. The zero-order valence-electron chi connectivity index (χ0n) is 14.3. The number of piperidine rings is 1. The van der Waals surface area contributed by atoms with E-state index in [2.05, 4.69) is 60.2 Å². The highest BCUT2D eigenvalue weighted by molar-refractivity contribution is 8.00. The summed E-state index contributed by atoms with van der Waals surface area (Å²) in [5, 5.41) is 9.82. The second-order valence-corrected chi connectivity index (χ2v) is 8.18. The van der Waals surface area contributed by atoms with Crippen molar-refractivity contribution < 1.29 is 0 Å². The maximum Gasteiger partial charge on any atom is 0.232 e. The zero-order chi connectivity index (χ0) is 17.2. The fraction of sp³-hybridized carbons (Fsp3) is 0.412. The normalized spacial score (nSPS) is 14.9. The van der Waals surface area contributed by atoms with Gasteiger partial charge in [0, 0.05) is 13.1 Å². The molecule has 0 unspecified atom stereocenters. The Morgan fingerprint density at radius 1 is 1.00 bits per heavy atom. The molecule has 2 aromatic heterocycles. The van der Waals surface area contributed by atoms with E-state index < -0.39 is 0 Å². The highest BCUT2D eigenvalue weighted by atomic mass is 32.2. The fourth-order valence-electron chi connectivity index (χ4n) is 2.94. The van der Waals surface area contributed by atoms with Gasteiger partial charge in [0.05, 0.1) is 5.69 Å². The molecule has 1 fully saturated rings. The molecule has 0 spiro atoms. The van der Waals surface area contributed by atoms with Crippen LogP contribution in [0.5, 0.6) is 0 Å². The Morgan fingerprint density at radius 3 is 2.44 bits per heavy atom. The Balaban J connectivity index is 1.75. The lowest BCUT2D eigenvalue weighted by molar-refractivity contribution is 0.564. The lowest BCUT2D eigenvalue weighted by atomic mass is 10.1. The van der Waals surface area contributed by atoms with Crippen LogP contribution in [0.2, 0.25) is 0 Å². The SMILES string of the molecule is Cc1ccc(-n2c(Sc3nc(C)ns3)nnc2N2CCCCC2)cc1. The molecule has 25 heavy (non-hydrogen) atoms. The van der Waals surface area contributed by atoms with E-state index in [-0.39, 0.29) is 0 Å². The number of nitrogens with zero attached hydrogens (tertiary/aromatic N) is 6. The summed E-state index contributed by atoms with van der Waals surface area (Å²) in [6.07, 6.45) is 3.71. The maximum atomic E-state index is 4.52. The number of benzene rings is 1. The van der Waals surface area contributed by atoms with E-state index in [9.17, 15) is 0 Å². The van der Waals surface area contributed by atoms with Gasteiger partial charge in [0.25, 0.3) is 0 Å². The molecule has 130 valence electrons. The van der Waals surface area contributed by atoms with Crippen LogP contribution >= 0.6 is 23.3 Å². The van der Waals surface area contributed by atoms with Crippen molar-refractivity contribution in [3.63, 3.8) is 0 Å². The molecule has 4 rings (SSSR count).